The number of esters is 1. The van der Waals surface area contributed by atoms with Crippen molar-refractivity contribution < 1.29 is 19.1 Å². The van der Waals surface area contributed by atoms with Gasteiger partial charge in [0.2, 0.25) is 5.78 Å². The summed E-state index contributed by atoms with van der Waals surface area (Å²) in [6, 6.07) is 9.77. The van der Waals surface area contributed by atoms with Crippen molar-refractivity contribution in [3.8, 4) is 5.75 Å². The number of aromatic nitrogens is 2. The van der Waals surface area contributed by atoms with Gasteiger partial charge in [0.15, 0.2) is 6.61 Å². The molecule has 0 unspecified atom stereocenters. The molecule has 0 spiro atoms. The Hall–Kier alpha value is -3.13. The standard InChI is InChI=1S/C24H28N2O5S/c1-16-13-21(18(3)25(16)11-9-19-5-7-20(30-4)8-6-19)22(27)14-31-23(28)10-12-26-17(2)15-32-24(26)29/h5-8,13,15H,9-12,14H2,1-4H3. The van der Waals surface area contributed by atoms with Crippen LogP contribution >= 0.6 is 11.3 Å². The van der Waals surface area contributed by atoms with Gasteiger partial charge in [-0.2, -0.15) is 0 Å². The number of aryl methyl sites for hydroxylation is 3. The van der Waals surface area contributed by atoms with Crippen molar-refractivity contribution in [1.29, 1.82) is 0 Å². The third-order valence-electron chi connectivity index (χ3n) is 5.54. The molecule has 0 N–H and O–H groups in total. The molecule has 0 atom stereocenters. The quantitative estimate of drug-likeness (QED) is 0.343. The van der Waals surface area contributed by atoms with Crippen molar-refractivity contribution in [2.75, 3.05) is 13.7 Å². The molecule has 3 rings (SSSR count). The largest absolute Gasteiger partial charge is 0.497 e. The van der Waals surface area contributed by atoms with Crippen LogP contribution in [0.2, 0.25) is 0 Å². The first-order valence-electron chi connectivity index (χ1n) is 10.4. The number of benzene rings is 1. The number of hydrogen-bond donors (Lipinski definition) is 0. The smallest absolute Gasteiger partial charge is 0.308 e. The molecule has 0 saturated carbocycles. The molecule has 3 aromatic rings. The van der Waals surface area contributed by atoms with Crippen molar-refractivity contribution in [1.82, 2.24) is 9.13 Å². The maximum Gasteiger partial charge on any atom is 0.308 e. The molecule has 0 aliphatic heterocycles. The van der Waals surface area contributed by atoms with Crippen molar-refractivity contribution >= 4 is 23.1 Å². The summed E-state index contributed by atoms with van der Waals surface area (Å²) in [6.45, 7) is 6.37. The molecule has 2 aromatic heterocycles. The Kier molecular flexibility index (Phi) is 7.69. The van der Waals surface area contributed by atoms with Gasteiger partial charge in [-0.25, -0.2) is 0 Å². The number of hydrogen-bond acceptors (Lipinski definition) is 6. The lowest BCUT2D eigenvalue weighted by Gasteiger charge is -2.10. The second kappa shape index (κ2) is 10.5. The van der Waals surface area contributed by atoms with Gasteiger partial charge in [0.1, 0.15) is 5.75 Å². The van der Waals surface area contributed by atoms with Crippen molar-refractivity contribution in [3.05, 3.63) is 73.6 Å². The maximum absolute atomic E-state index is 12.7. The van der Waals surface area contributed by atoms with Gasteiger partial charge >= 0.3 is 10.8 Å². The molecule has 8 heteroatoms. The number of rotatable bonds is 10. The fraction of sp³-hybridized carbons (Fsp3) is 0.375. The number of thiazole rings is 1. The Bertz CT molecular complexity index is 1150. The minimum absolute atomic E-state index is 0.0473. The van der Waals surface area contributed by atoms with Gasteiger partial charge < -0.3 is 18.6 Å². The summed E-state index contributed by atoms with van der Waals surface area (Å²) >= 11 is 1.10. The van der Waals surface area contributed by atoms with Crippen molar-refractivity contribution in [2.24, 2.45) is 0 Å². The normalized spacial score (nSPS) is 10.9. The van der Waals surface area contributed by atoms with Crippen LogP contribution in [0.4, 0.5) is 0 Å². The Morgan fingerprint density at radius 1 is 1.00 bits per heavy atom. The first-order valence-corrected chi connectivity index (χ1v) is 11.3. The average Bonchev–Trinajstić information content (AvgIpc) is 3.26. The highest BCUT2D eigenvalue weighted by Gasteiger charge is 2.17. The second-order valence-electron chi connectivity index (χ2n) is 7.66. The zero-order chi connectivity index (χ0) is 23.3. The first-order chi connectivity index (χ1) is 15.3. The minimum Gasteiger partial charge on any atom is -0.497 e. The van der Waals surface area contributed by atoms with E-state index in [-0.39, 0.29) is 30.2 Å². The van der Waals surface area contributed by atoms with Crippen LogP contribution in [0.25, 0.3) is 0 Å². The number of Topliss-reactive ketones (excluding diaryl/α,β-unsaturated/α-hetero) is 1. The van der Waals surface area contributed by atoms with Crippen LogP contribution in [0.1, 0.15) is 39.4 Å². The van der Waals surface area contributed by atoms with Crippen LogP contribution in [0.5, 0.6) is 5.75 Å². The van der Waals surface area contributed by atoms with E-state index in [0.29, 0.717) is 5.56 Å². The van der Waals surface area contributed by atoms with Crippen LogP contribution < -0.4 is 9.61 Å². The molecule has 0 fully saturated rings. The number of carbonyl (C=O) groups excluding carboxylic acids is 2. The molecular weight excluding hydrogens is 428 g/mol. The number of methoxy groups -OCH3 is 1. The van der Waals surface area contributed by atoms with Gasteiger partial charge in [-0.05, 0) is 51.0 Å². The monoisotopic (exact) mass is 456 g/mol. The SMILES string of the molecule is COc1ccc(CCn2c(C)cc(C(=O)COC(=O)CCn3c(C)csc3=O)c2C)cc1. The summed E-state index contributed by atoms with van der Waals surface area (Å²) in [5, 5.41) is 1.75. The zero-order valence-electron chi connectivity index (χ0n) is 18.8. The topological polar surface area (TPSA) is 79.5 Å². The Morgan fingerprint density at radius 3 is 2.34 bits per heavy atom. The van der Waals surface area contributed by atoms with Gasteiger partial charge in [0.25, 0.3) is 0 Å². The lowest BCUT2D eigenvalue weighted by molar-refractivity contribution is -0.142. The molecule has 0 radical (unpaired) electrons. The number of ether oxygens (including phenoxy) is 2. The van der Waals surface area contributed by atoms with Gasteiger partial charge in [-0.15, -0.1) is 0 Å². The summed E-state index contributed by atoms with van der Waals surface area (Å²) in [4.78, 5) is 36.3. The third kappa shape index (κ3) is 5.56. The molecule has 1 aromatic carbocycles. The second-order valence-corrected chi connectivity index (χ2v) is 8.48. The highest BCUT2D eigenvalue weighted by atomic mass is 32.1. The van der Waals surface area contributed by atoms with E-state index in [1.807, 2.05) is 51.1 Å². The molecule has 32 heavy (non-hydrogen) atoms. The molecule has 0 amide bonds. The Labute approximate surface area is 191 Å². The van der Waals surface area contributed by atoms with E-state index in [4.69, 9.17) is 9.47 Å². The molecule has 0 aliphatic rings. The summed E-state index contributed by atoms with van der Waals surface area (Å²) < 4.78 is 14.0. The van der Waals surface area contributed by atoms with E-state index < -0.39 is 5.97 Å². The highest BCUT2D eigenvalue weighted by molar-refractivity contribution is 7.07. The fourth-order valence-electron chi connectivity index (χ4n) is 3.63. The van der Waals surface area contributed by atoms with E-state index in [1.54, 1.807) is 12.5 Å². The van der Waals surface area contributed by atoms with Crippen LogP contribution in [0.15, 0.2) is 40.5 Å². The lowest BCUT2D eigenvalue weighted by Crippen LogP contribution is -2.20. The number of nitrogens with zero attached hydrogens (tertiary/aromatic N) is 2. The lowest BCUT2D eigenvalue weighted by atomic mass is 10.1. The van der Waals surface area contributed by atoms with E-state index in [2.05, 4.69) is 4.57 Å². The Morgan fingerprint density at radius 2 is 1.72 bits per heavy atom. The summed E-state index contributed by atoms with van der Waals surface area (Å²) in [5.74, 6) is 0.0946. The molecule has 0 bridgehead atoms. The molecule has 170 valence electrons. The predicted molar refractivity (Wildman–Crippen MR) is 124 cm³/mol. The maximum atomic E-state index is 12.7. The number of carbonyl (C=O) groups is 2. The molecular formula is C24H28N2O5S. The van der Waals surface area contributed by atoms with E-state index in [9.17, 15) is 14.4 Å². The molecule has 7 nitrogen and oxygen atoms in total. The average molecular weight is 457 g/mol. The molecule has 0 aliphatic carbocycles. The van der Waals surface area contributed by atoms with Gasteiger partial charge in [0, 0.05) is 41.1 Å². The summed E-state index contributed by atoms with van der Waals surface area (Å²) in [7, 11) is 1.64. The van der Waals surface area contributed by atoms with Crippen molar-refractivity contribution in [3.63, 3.8) is 0 Å². The van der Waals surface area contributed by atoms with E-state index in [0.717, 1.165) is 47.1 Å². The van der Waals surface area contributed by atoms with Crippen LogP contribution in [-0.2, 0) is 29.0 Å². The van der Waals surface area contributed by atoms with E-state index in [1.165, 1.54) is 10.1 Å². The van der Waals surface area contributed by atoms with Gasteiger partial charge in [0.05, 0.1) is 13.5 Å². The summed E-state index contributed by atoms with van der Waals surface area (Å²) in [6.07, 6.45) is 0.871. The van der Waals surface area contributed by atoms with Gasteiger partial charge in [-0.3, -0.25) is 14.4 Å². The first kappa shape index (κ1) is 23.5. The fourth-order valence-corrected chi connectivity index (χ4v) is 4.40. The zero-order valence-corrected chi connectivity index (χ0v) is 19.7. The number of ketones is 1. The summed E-state index contributed by atoms with van der Waals surface area (Å²) in [5.41, 5.74) is 4.40. The van der Waals surface area contributed by atoms with Crippen LogP contribution in [-0.4, -0.2) is 34.6 Å². The highest BCUT2D eigenvalue weighted by Crippen LogP contribution is 2.18. The molecule has 0 saturated heterocycles. The van der Waals surface area contributed by atoms with Crippen LogP contribution in [0.3, 0.4) is 0 Å². The van der Waals surface area contributed by atoms with Crippen molar-refractivity contribution in [2.45, 2.75) is 46.7 Å². The minimum atomic E-state index is -0.496. The molecule has 2 heterocycles. The van der Waals surface area contributed by atoms with Crippen LogP contribution in [0, 0.1) is 20.8 Å². The third-order valence-corrected chi connectivity index (χ3v) is 6.42. The van der Waals surface area contributed by atoms with E-state index >= 15 is 0 Å². The van der Waals surface area contributed by atoms with Gasteiger partial charge in [-0.1, -0.05) is 23.5 Å². The Balaban J connectivity index is 1.55. The predicted octanol–water partition coefficient (Wildman–Crippen LogP) is 3.70.